The van der Waals surface area contributed by atoms with E-state index in [-0.39, 0.29) is 24.0 Å². The average molecular weight is 275 g/mol. The van der Waals surface area contributed by atoms with E-state index in [9.17, 15) is 9.50 Å². The second-order valence-corrected chi connectivity index (χ2v) is 4.68. The summed E-state index contributed by atoms with van der Waals surface area (Å²) < 4.78 is 13.1. The van der Waals surface area contributed by atoms with Gasteiger partial charge >= 0.3 is 0 Å². The van der Waals surface area contributed by atoms with Gasteiger partial charge in [0.2, 0.25) is 0 Å². The number of benzene rings is 1. The molecule has 0 spiro atoms. The summed E-state index contributed by atoms with van der Waals surface area (Å²) in [7, 11) is 1.97. The monoisotopic (exact) mass is 274 g/mol. The van der Waals surface area contributed by atoms with Gasteiger partial charge in [-0.05, 0) is 44.1 Å². The molecule has 0 radical (unpaired) electrons. The topological polar surface area (TPSA) is 35.5 Å². The molecule has 1 fully saturated rings. The molecule has 2 rings (SSSR count). The highest BCUT2D eigenvalue weighted by Gasteiger charge is 2.18. The maximum absolute atomic E-state index is 13.1. The molecule has 1 saturated heterocycles. The van der Waals surface area contributed by atoms with Crippen molar-refractivity contribution < 1.29 is 9.50 Å². The minimum Gasteiger partial charge on any atom is -0.508 e. The zero-order valence-corrected chi connectivity index (χ0v) is 11.3. The number of aromatic hydroxyl groups is 1. The maximum atomic E-state index is 13.1. The van der Waals surface area contributed by atoms with Crippen LogP contribution < -0.4 is 5.32 Å². The summed E-state index contributed by atoms with van der Waals surface area (Å²) >= 11 is 0. The Balaban J connectivity index is 0.00000162. The Kier molecular flexibility index (Phi) is 5.85. The van der Waals surface area contributed by atoms with Crippen molar-refractivity contribution in [1.29, 1.82) is 0 Å². The fraction of sp³-hybridized carbons (Fsp3) is 0.538. The van der Waals surface area contributed by atoms with E-state index in [4.69, 9.17) is 0 Å². The van der Waals surface area contributed by atoms with Gasteiger partial charge < -0.3 is 10.4 Å². The molecule has 1 aromatic carbocycles. The van der Waals surface area contributed by atoms with Gasteiger partial charge in [-0.3, -0.25) is 4.90 Å². The van der Waals surface area contributed by atoms with E-state index in [2.05, 4.69) is 10.2 Å². The lowest BCUT2D eigenvalue weighted by atomic mass is 10.0. The molecule has 2 N–H and O–H groups in total. The summed E-state index contributed by atoms with van der Waals surface area (Å²) in [6.07, 6.45) is 2.36. The third kappa shape index (κ3) is 4.12. The van der Waals surface area contributed by atoms with Crippen LogP contribution in [0.15, 0.2) is 18.2 Å². The van der Waals surface area contributed by atoms with Gasteiger partial charge in [0, 0.05) is 25.2 Å². The summed E-state index contributed by atoms with van der Waals surface area (Å²) in [5.41, 5.74) is 0.833. The molecule has 18 heavy (non-hydrogen) atoms. The first kappa shape index (κ1) is 15.2. The summed E-state index contributed by atoms with van der Waals surface area (Å²) in [5, 5.41) is 12.6. The molecule has 0 bridgehead atoms. The number of piperidine rings is 1. The van der Waals surface area contributed by atoms with E-state index in [0.29, 0.717) is 12.6 Å². The van der Waals surface area contributed by atoms with Gasteiger partial charge in [0.25, 0.3) is 0 Å². The maximum Gasteiger partial charge on any atom is 0.127 e. The van der Waals surface area contributed by atoms with Crippen LogP contribution in [-0.4, -0.2) is 36.2 Å². The average Bonchev–Trinajstić information content (AvgIpc) is 2.28. The van der Waals surface area contributed by atoms with Crippen LogP contribution in [0, 0.1) is 5.82 Å². The smallest absolute Gasteiger partial charge is 0.127 e. The molecule has 1 aliphatic rings. The lowest BCUT2D eigenvalue weighted by molar-refractivity contribution is 0.187. The van der Waals surface area contributed by atoms with Crippen LogP contribution in [0.1, 0.15) is 18.4 Å². The third-order valence-corrected chi connectivity index (χ3v) is 3.26. The molecule has 102 valence electrons. The molecule has 1 aromatic rings. The number of phenolic OH excluding ortho intramolecular Hbond substituents is 1. The Hall–Kier alpha value is -0.840. The number of nitrogens with zero attached hydrogens (tertiary/aromatic N) is 1. The van der Waals surface area contributed by atoms with Crippen LogP contribution in [0.2, 0.25) is 0 Å². The van der Waals surface area contributed by atoms with Crippen LogP contribution in [0.3, 0.4) is 0 Å². The Morgan fingerprint density at radius 1 is 1.44 bits per heavy atom. The van der Waals surface area contributed by atoms with Crippen molar-refractivity contribution in [2.24, 2.45) is 0 Å². The fourth-order valence-electron chi connectivity index (χ4n) is 2.42. The van der Waals surface area contributed by atoms with Crippen molar-refractivity contribution in [2.75, 3.05) is 20.1 Å². The van der Waals surface area contributed by atoms with Gasteiger partial charge in [0.05, 0.1) is 0 Å². The van der Waals surface area contributed by atoms with Crippen molar-refractivity contribution in [3.05, 3.63) is 29.6 Å². The first-order valence-corrected chi connectivity index (χ1v) is 6.05. The largest absolute Gasteiger partial charge is 0.508 e. The molecular formula is C13H20ClFN2O. The summed E-state index contributed by atoms with van der Waals surface area (Å²) in [4.78, 5) is 2.29. The minimum absolute atomic E-state index is 0. The van der Waals surface area contributed by atoms with Crippen molar-refractivity contribution in [2.45, 2.75) is 25.4 Å². The predicted molar refractivity (Wildman–Crippen MR) is 72.7 cm³/mol. The van der Waals surface area contributed by atoms with Gasteiger partial charge in [0.1, 0.15) is 11.6 Å². The standard InChI is InChI=1S/C13H19FN2O.ClH/c1-15-12-3-2-4-16(9-12)8-10-5-11(14)7-13(17)6-10;/h5-7,12,15,17H,2-4,8-9H2,1H3;1H. The van der Waals surface area contributed by atoms with Gasteiger partial charge in [-0.2, -0.15) is 0 Å². The van der Waals surface area contributed by atoms with Gasteiger partial charge in [-0.25, -0.2) is 4.39 Å². The highest BCUT2D eigenvalue weighted by atomic mass is 35.5. The molecule has 3 nitrogen and oxygen atoms in total. The number of likely N-dealkylation sites (tertiary alicyclic amines) is 1. The second-order valence-electron chi connectivity index (χ2n) is 4.68. The number of likely N-dealkylation sites (N-methyl/N-ethyl adjacent to an activating group) is 1. The highest BCUT2D eigenvalue weighted by molar-refractivity contribution is 5.85. The molecule has 0 aromatic heterocycles. The molecule has 1 heterocycles. The van der Waals surface area contributed by atoms with E-state index in [0.717, 1.165) is 31.1 Å². The predicted octanol–water partition coefficient (Wildman–Crippen LogP) is 2.14. The minimum atomic E-state index is -0.373. The van der Waals surface area contributed by atoms with Crippen molar-refractivity contribution >= 4 is 12.4 Å². The molecule has 0 aliphatic carbocycles. The van der Waals surface area contributed by atoms with E-state index < -0.39 is 0 Å². The summed E-state index contributed by atoms with van der Waals surface area (Å²) in [5.74, 6) is -0.371. The van der Waals surface area contributed by atoms with Crippen molar-refractivity contribution in [1.82, 2.24) is 10.2 Å². The molecule has 0 amide bonds. The lowest BCUT2D eigenvalue weighted by Crippen LogP contribution is -2.43. The van der Waals surface area contributed by atoms with Gasteiger partial charge in [-0.15, -0.1) is 12.4 Å². The Morgan fingerprint density at radius 3 is 2.89 bits per heavy atom. The van der Waals surface area contributed by atoms with E-state index in [1.54, 1.807) is 6.07 Å². The third-order valence-electron chi connectivity index (χ3n) is 3.26. The van der Waals surface area contributed by atoms with E-state index in [1.165, 1.54) is 12.5 Å². The second kappa shape index (κ2) is 6.92. The highest BCUT2D eigenvalue weighted by Crippen LogP contribution is 2.18. The van der Waals surface area contributed by atoms with Crippen LogP contribution in [0.25, 0.3) is 0 Å². The van der Waals surface area contributed by atoms with Crippen LogP contribution in [-0.2, 0) is 6.54 Å². The Bertz CT molecular complexity index is 369. The molecule has 0 saturated carbocycles. The van der Waals surface area contributed by atoms with Gasteiger partial charge in [0.15, 0.2) is 0 Å². The zero-order valence-electron chi connectivity index (χ0n) is 10.5. The van der Waals surface area contributed by atoms with Crippen LogP contribution >= 0.6 is 12.4 Å². The molecular weight excluding hydrogens is 255 g/mol. The first-order valence-electron chi connectivity index (χ1n) is 6.05. The number of hydrogen-bond donors (Lipinski definition) is 2. The summed E-state index contributed by atoms with van der Waals surface area (Å²) in [6, 6.07) is 4.77. The van der Waals surface area contributed by atoms with Crippen LogP contribution in [0.4, 0.5) is 4.39 Å². The van der Waals surface area contributed by atoms with Crippen molar-refractivity contribution in [3.63, 3.8) is 0 Å². The van der Waals surface area contributed by atoms with E-state index >= 15 is 0 Å². The summed E-state index contributed by atoms with van der Waals surface area (Å²) in [6.45, 7) is 2.72. The fourth-order valence-corrected chi connectivity index (χ4v) is 2.42. The van der Waals surface area contributed by atoms with E-state index in [1.807, 2.05) is 7.05 Å². The molecule has 1 unspecified atom stereocenters. The number of rotatable bonds is 3. The normalized spacial score (nSPS) is 20.4. The number of hydrogen-bond acceptors (Lipinski definition) is 3. The number of phenols is 1. The van der Waals surface area contributed by atoms with Crippen LogP contribution in [0.5, 0.6) is 5.75 Å². The molecule has 1 atom stereocenters. The lowest BCUT2D eigenvalue weighted by Gasteiger charge is -2.32. The SMILES string of the molecule is CNC1CCCN(Cc2cc(O)cc(F)c2)C1.Cl. The Morgan fingerprint density at radius 2 is 2.22 bits per heavy atom. The number of halogens is 2. The van der Waals surface area contributed by atoms with Crippen molar-refractivity contribution in [3.8, 4) is 5.75 Å². The van der Waals surface area contributed by atoms with Gasteiger partial charge in [-0.1, -0.05) is 0 Å². The quantitative estimate of drug-likeness (QED) is 0.886. The molecule has 5 heteroatoms. The Labute approximate surface area is 113 Å². The first-order chi connectivity index (χ1) is 8.17. The zero-order chi connectivity index (χ0) is 12.3. The molecule has 1 aliphatic heterocycles. The number of nitrogens with one attached hydrogen (secondary N) is 1.